The molecule has 0 aliphatic carbocycles. The van der Waals surface area contributed by atoms with Crippen molar-refractivity contribution >= 4 is 11.8 Å². The molecule has 0 spiro atoms. The number of nitrogens with zero attached hydrogens (tertiary/aromatic N) is 2. The Kier molecular flexibility index (Phi) is 7.05. The fourth-order valence-corrected chi connectivity index (χ4v) is 3.51. The third kappa shape index (κ3) is 5.33. The van der Waals surface area contributed by atoms with Gasteiger partial charge in [0, 0.05) is 38.3 Å². The highest BCUT2D eigenvalue weighted by molar-refractivity contribution is 5.94. The van der Waals surface area contributed by atoms with Gasteiger partial charge in [-0.05, 0) is 46.6 Å². The molecule has 1 fully saturated rings. The maximum absolute atomic E-state index is 12.5. The zero-order valence-corrected chi connectivity index (χ0v) is 15.8. The smallest absolute Gasteiger partial charge is 0.257 e. The zero-order valence-electron chi connectivity index (χ0n) is 15.8. The Morgan fingerprint density at radius 3 is 2.64 bits per heavy atom. The molecule has 2 rings (SSSR count). The fourth-order valence-electron chi connectivity index (χ4n) is 3.51. The molecule has 1 aromatic rings. The summed E-state index contributed by atoms with van der Waals surface area (Å²) in [5.41, 5.74) is 0.547. The number of hydrogen-bond donors (Lipinski definition) is 1. The molecule has 0 unspecified atom stereocenters. The molecule has 140 valence electrons. The summed E-state index contributed by atoms with van der Waals surface area (Å²) in [5.74, 6) is -0.134. The van der Waals surface area contributed by atoms with E-state index in [1.165, 1.54) is 12.5 Å². The van der Waals surface area contributed by atoms with Gasteiger partial charge in [0.15, 0.2) is 0 Å². The minimum Gasteiger partial charge on any atom is -0.472 e. The van der Waals surface area contributed by atoms with Crippen molar-refractivity contribution in [3.63, 3.8) is 0 Å². The lowest BCUT2D eigenvalue weighted by atomic mass is 9.96. The lowest BCUT2D eigenvalue weighted by Crippen LogP contribution is -2.47. The van der Waals surface area contributed by atoms with Crippen molar-refractivity contribution in [1.82, 2.24) is 15.1 Å². The lowest BCUT2D eigenvalue weighted by Gasteiger charge is -2.33. The second-order valence-electron chi connectivity index (χ2n) is 7.32. The van der Waals surface area contributed by atoms with Crippen LogP contribution >= 0.6 is 0 Å². The summed E-state index contributed by atoms with van der Waals surface area (Å²) in [6.45, 7) is 11.3. The maximum Gasteiger partial charge on any atom is 0.257 e. The third-order valence-electron chi connectivity index (χ3n) is 4.84. The van der Waals surface area contributed by atoms with Crippen LogP contribution in [0.25, 0.3) is 0 Å². The monoisotopic (exact) mass is 349 g/mol. The van der Waals surface area contributed by atoms with Gasteiger partial charge in [0.05, 0.1) is 17.7 Å². The molecule has 0 saturated carbocycles. The minimum absolute atomic E-state index is 0.0529. The van der Waals surface area contributed by atoms with E-state index in [1.54, 1.807) is 11.0 Å². The van der Waals surface area contributed by atoms with Crippen molar-refractivity contribution in [2.75, 3.05) is 26.2 Å². The van der Waals surface area contributed by atoms with Crippen molar-refractivity contribution < 1.29 is 14.0 Å². The predicted octanol–water partition coefficient (Wildman–Crippen LogP) is 2.37. The highest BCUT2D eigenvalue weighted by Crippen LogP contribution is 2.19. The van der Waals surface area contributed by atoms with Crippen molar-refractivity contribution in [2.24, 2.45) is 5.92 Å². The van der Waals surface area contributed by atoms with E-state index in [2.05, 4.69) is 37.9 Å². The van der Waals surface area contributed by atoms with Crippen LogP contribution in [0.3, 0.4) is 0 Å². The summed E-state index contributed by atoms with van der Waals surface area (Å²) in [7, 11) is 0. The van der Waals surface area contributed by atoms with Crippen molar-refractivity contribution in [3.05, 3.63) is 24.2 Å². The van der Waals surface area contributed by atoms with Gasteiger partial charge in [-0.3, -0.25) is 14.5 Å². The minimum atomic E-state index is -0.129. The largest absolute Gasteiger partial charge is 0.472 e. The average molecular weight is 349 g/mol. The van der Waals surface area contributed by atoms with Gasteiger partial charge in [-0.25, -0.2) is 0 Å². The van der Waals surface area contributed by atoms with E-state index in [9.17, 15) is 9.59 Å². The predicted molar refractivity (Wildman–Crippen MR) is 97.3 cm³/mol. The van der Waals surface area contributed by atoms with Gasteiger partial charge >= 0.3 is 0 Å². The maximum atomic E-state index is 12.5. The number of furan rings is 1. The molecule has 6 heteroatoms. The van der Waals surface area contributed by atoms with Crippen LogP contribution in [0, 0.1) is 5.92 Å². The first kappa shape index (κ1) is 19.5. The standard InChI is InChI=1S/C19H31N3O3/c1-14(2)22(15(3)4)10-8-20-18(23)16-6-5-9-21(12-16)19(24)17-7-11-25-13-17/h7,11,13-16H,5-6,8-10,12H2,1-4H3,(H,20,23)/t16-/m1/s1. The third-order valence-corrected chi connectivity index (χ3v) is 4.84. The Balaban J connectivity index is 1.82. The highest BCUT2D eigenvalue weighted by Gasteiger charge is 2.29. The van der Waals surface area contributed by atoms with Crippen LogP contribution in [0.1, 0.15) is 50.9 Å². The topological polar surface area (TPSA) is 65.8 Å². The first-order chi connectivity index (χ1) is 11.9. The molecule has 0 bridgehead atoms. The SMILES string of the molecule is CC(C)N(CCNC(=O)[C@@H]1CCCN(C(=O)c2ccoc2)C1)C(C)C. The summed E-state index contributed by atoms with van der Waals surface area (Å²) in [6.07, 6.45) is 4.64. The van der Waals surface area contributed by atoms with Gasteiger partial charge in [0.1, 0.15) is 6.26 Å². The number of likely N-dealkylation sites (tertiary alicyclic amines) is 1. The number of carbonyl (C=O) groups is 2. The van der Waals surface area contributed by atoms with E-state index in [4.69, 9.17) is 4.42 Å². The van der Waals surface area contributed by atoms with Crippen LogP contribution in [0.4, 0.5) is 0 Å². The van der Waals surface area contributed by atoms with Gasteiger partial charge in [-0.2, -0.15) is 0 Å². The Labute approximate surface area is 150 Å². The van der Waals surface area contributed by atoms with E-state index < -0.39 is 0 Å². The van der Waals surface area contributed by atoms with E-state index in [0.717, 1.165) is 19.4 Å². The fraction of sp³-hybridized carbons (Fsp3) is 0.684. The van der Waals surface area contributed by atoms with Crippen molar-refractivity contribution in [2.45, 2.75) is 52.6 Å². The molecule has 25 heavy (non-hydrogen) atoms. The normalized spacial score (nSPS) is 18.2. The summed E-state index contributed by atoms with van der Waals surface area (Å²) in [4.78, 5) is 29.0. The van der Waals surface area contributed by atoms with Gasteiger partial charge < -0.3 is 14.6 Å². The van der Waals surface area contributed by atoms with Crippen molar-refractivity contribution in [1.29, 1.82) is 0 Å². The lowest BCUT2D eigenvalue weighted by molar-refractivity contribution is -0.126. The molecule has 1 N–H and O–H groups in total. The molecular weight excluding hydrogens is 318 g/mol. The average Bonchev–Trinajstić information content (AvgIpc) is 3.11. The summed E-state index contributed by atoms with van der Waals surface area (Å²) in [6, 6.07) is 2.57. The number of amides is 2. The van der Waals surface area contributed by atoms with Crippen LogP contribution in [0.15, 0.2) is 23.0 Å². The first-order valence-electron chi connectivity index (χ1n) is 9.25. The molecule has 1 atom stereocenters. The quantitative estimate of drug-likeness (QED) is 0.821. The number of rotatable bonds is 7. The summed E-state index contributed by atoms with van der Waals surface area (Å²) in [5, 5.41) is 3.05. The molecular formula is C19H31N3O3. The first-order valence-corrected chi connectivity index (χ1v) is 9.25. The van der Waals surface area contributed by atoms with Gasteiger partial charge in [-0.1, -0.05) is 0 Å². The van der Waals surface area contributed by atoms with Gasteiger partial charge in [-0.15, -0.1) is 0 Å². The van der Waals surface area contributed by atoms with E-state index in [0.29, 0.717) is 37.3 Å². The van der Waals surface area contributed by atoms with Crippen LogP contribution < -0.4 is 5.32 Å². The molecule has 2 heterocycles. The zero-order chi connectivity index (χ0) is 18.4. The second kappa shape index (κ2) is 9.04. The molecule has 0 aromatic carbocycles. The number of piperidine rings is 1. The molecule has 1 aromatic heterocycles. The molecule has 1 aliphatic heterocycles. The molecule has 2 amide bonds. The van der Waals surface area contributed by atoms with Crippen LogP contribution in [-0.4, -0.2) is 59.9 Å². The summed E-state index contributed by atoms with van der Waals surface area (Å²) < 4.78 is 4.98. The van der Waals surface area contributed by atoms with Gasteiger partial charge in [0.2, 0.25) is 5.91 Å². The molecule has 1 saturated heterocycles. The Morgan fingerprint density at radius 1 is 1.32 bits per heavy atom. The molecule has 0 radical (unpaired) electrons. The summed E-state index contributed by atoms with van der Waals surface area (Å²) >= 11 is 0. The van der Waals surface area contributed by atoms with Gasteiger partial charge in [0.25, 0.3) is 5.91 Å². The molecule has 6 nitrogen and oxygen atoms in total. The number of hydrogen-bond acceptors (Lipinski definition) is 4. The van der Waals surface area contributed by atoms with Crippen LogP contribution in [-0.2, 0) is 4.79 Å². The Morgan fingerprint density at radius 2 is 2.04 bits per heavy atom. The van der Waals surface area contributed by atoms with Crippen molar-refractivity contribution in [3.8, 4) is 0 Å². The van der Waals surface area contributed by atoms with E-state index >= 15 is 0 Å². The van der Waals surface area contributed by atoms with E-state index in [1.807, 2.05) is 0 Å². The number of carbonyl (C=O) groups excluding carboxylic acids is 2. The Hall–Kier alpha value is -1.82. The highest BCUT2D eigenvalue weighted by atomic mass is 16.3. The second-order valence-corrected chi connectivity index (χ2v) is 7.32. The van der Waals surface area contributed by atoms with E-state index in [-0.39, 0.29) is 17.7 Å². The number of nitrogens with one attached hydrogen (secondary N) is 1. The van der Waals surface area contributed by atoms with Crippen LogP contribution in [0.5, 0.6) is 0 Å². The van der Waals surface area contributed by atoms with Crippen LogP contribution in [0.2, 0.25) is 0 Å². The Bertz CT molecular complexity index is 546. The molecule has 1 aliphatic rings.